The molecule has 0 bridgehead atoms. The zero-order valence-electron chi connectivity index (χ0n) is 11.1. The van der Waals surface area contributed by atoms with E-state index in [4.69, 9.17) is 0 Å². The fraction of sp³-hybridized carbons (Fsp3) is 0.538. The molecule has 0 aromatic heterocycles. The molecule has 0 aliphatic heterocycles. The van der Waals surface area contributed by atoms with Gasteiger partial charge in [0.05, 0.1) is 23.3 Å². The number of sulfone groups is 1. The second-order valence-corrected chi connectivity index (χ2v) is 6.88. The van der Waals surface area contributed by atoms with E-state index in [9.17, 15) is 13.5 Å². The Morgan fingerprint density at radius 3 is 2.17 bits per heavy atom. The van der Waals surface area contributed by atoms with Gasteiger partial charge in [-0.05, 0) is 30.2 Å². The Balaban J connectivity index is 2.84. The second kappa shape index (κ2) is 6.20. The summed E-state index contributed by atoms with van der Waals surface area (Å²) in [4.78, 5) is 0.334. The van der Waals surface area contributed by atoms with Gasteiger partial charge in [-0.2, -0.15) is 0 Å². The maximum absolute atomic E-state index is 11.6. The van der Waals surface area contributed by atoms with Gasteiger partial charge in [0, 0.05) is 5.69 Å². The summed E-state index contributed by atoms with van der Waals surface area (Å²) in [5.74, 6) is 0.402. The molecule has 1 aromatic carbocycles. The van der Waals surface area contributed by atoms with Crippen LogP contribution in [-0.4, -0.2) is 31.9 Å². The quantitative estimate of drug-likeness (QED) is 0.829. The van der Waals surface area contributed by atoms with E-state index in [1.807, 2.05) is 13.8 Å². The summed E-state index contributed by atoms with van der Waals surface area (Å²) in [5, 5.41) is 12.4. The summed E-state index contributed by atoms with van der Waals surface area (Å²) < 4.78 is 23.3. The molecule has 0 amide bonds. The highest BCUT2D eigenvalue weighted by molar-refractivity contribution is 7.91. The molecule has 1 aromatic rings. The molecule has 102 valence electrons. The van der Waals surface area contributed by atoms with E-state index in [2.05, 4.69) is 5.32 Å². The Kier molecular flexibility index (Phi) is 5.16. The maximum Gasteiger partial charge on any atom is 0.178 e. The maximum atomic E-state index is 11.6. The second-order valence-electron chi connectivity index (χ2n) is 4.61. The molecular formula is C13H21NO3S. The summed E-state index contributed by atoms with van der Waals surface area (Å²) in [6.07, 6.45) is 0. The highest BCUT2D eigenvalue weighted by Gasteiger charge is 2.13. The smallest absolute Gasteiger partial charge is 0.178 e. The number of hydrogen-bond acceptors (Lipinski definition) is 4. The molecule has 5 heteroatoms. The number of benzene rings is 1. The van der Waals surface area contributed by atoms with E-state index < -0.39 is 9.84 Å². The van der Waals surface area contributed by atoms with E-state index in [1.165, 1.54) is 0 Å². The van der Waals surface area contributed by atoms with Crippen LogP contribution in [0.3, 0.4) is 0 Å². The molecule has 18 heavy (non-hydrogen) atoms. The van der Waals surface area contributed by atoms with Gasteiger partial charge >= 0.3 is 0 Å². The van der Waals surface area contributed by atoms with Crippen LogP contribution >= 0.6 is 0 Å². The molecule has 0 aliphatic carbocycles. The third-order valence-electron chi connectivity index (χ3n) is 2.95. The molecule has 0 heterocycles. The lowest BCUT2D eigenvalue weighted by molar-refractivity contribution is 0.249. The molecule has 1 atom stereocenters. The summed E-state index contributed by atoms with van der Waals surface area (Å²) >= 11 is 0. The summed E-state index contributed by atoms with van der Waals surface area (Å²) in [6.45, 7) is 5.71. The van der Waals surface area contributed by atoms with E-state index in [-0.39, 0.29) is 18.4 Å². The standard InChI is InChI=1S/C13H21NO3S/c1-4-18(16,17)12-7-5-11(6-8-12)14-13(9-15)10(2)3/h5-8,10,13-15H,4,9H2,1-3H3/t13-/m1/s1. The van der Waals surface area contributed by atoms with E-state index in [0.717, 1.165) is 5.69 Å². The molecule has 0 saturated carbocycles. The minimum Gasteiger partial charge on any atom is -0.394 e. The van der Waals surface area contributed by atoms with Crippen LogP contribution in [0.15, 0.2) is 29.2 Å². The lowest BCUT2D eigenvalue weighted by Crippen LogP contribution is -2.29. The number of aliphatic hydroxyl groups is 1. The lowest BCUT2D eigenvalue weighted by Gasteiger charge is -2.21. The average molecular weight is 271 g/mol. The molecule has 0 radical (unpaired) electrons. The molecule has 0 fully saturated rings. The lowest BCUT2D eigenvalue weighted by atomic mass is 10.1. The first-order valence-electron chi connectivity index (χ1n) is 6.11. The Bertz CT molecular complexity index is 466. The molecule has 0 unspecified atom stereocenters. The van der Waals surface area contributed by atoms with Crippen molar-refractivity contribution in [3.05, 3.63) is 24.3 Å². The van der Waals surface area contributed by atoms with Gasteiger partial charge in [0.2, 0.25) is 0 Å². The average Bonchev–Trinajstić information content (AvgIpc) is 2.36. The number of anilines is 1. The van der Waals surface area contributed by atoms with Gasteiger partial charge in [-0.3, -0.25) is 0 Å². The minimum absolute atomic E-state index is 0.0290. The predicted octanol–water partition coefficient (Wildman–Crippen LogP) is 1.91. The van der Waals surface area contributed by atoms with Crippen molar-refractivity contribution in [2.24, 2.45) is 5.92 Å². The van der Waals surface area contributed by atoms with Gasteiger partial charge in [-0.15, -0.1) is 0 Å². The van der Waals surface area contributed by atoms with Crippen molar-refractivity contribution in [2.45, 2.75) is 31.7 Å². The van der Waals surface area contributed by atoms with Crippen LogP contribution in [0, 0.1) is 5.92 Å². The Hall–Kier alpha value is -1.07. The van der Waals surface area contributed by atoms with Gasteiger partial charge in [0.1, 0.15) is 0 Å². The van der Waals surface area contributed by atoms with Crippen LogP contribution in [0.2, 0.25) is 0 Å². The number of aliphatic hydroxyl groups excluding tert-OH is 1. The van der Waals surface area contributed by atoms with Crippen molar-refractivity contribution in [1.29, 1.82) is 0 Å². The van der Waals surface area contributed by atoms with Crippen molar-refractivity contribution < 1.29 is 13.5 Å². The van der Waals surface area contributed by atoms with Crippen LogP contribution in [-0.2, 0) is 9.84 Å². The fourth-order valence-electron chi connectivity index (χ4n) is 1.56. The molecule has 1 rings (SSSR count). The highest BCUT2D eigenvalue weighted by atomic mass is 32.2. The molecule has 4 nitrogen and oxygen atoms in total. The first-order chi connectivity index (χ1) is 8.40. The highest BCUT2D eigenvalue weighted by Crippen LogP contribution is 2.17. The fourth-order valence-corrected chi connectivity index (χ4v) is 2.45. The minimum atomic E-state index is -3.14. The summed E-state index contributed by atoms with van der Waals surface area (Å²) in [5.41, 5.74) is 0.817. The van der Waals surface area contributed by atoms with E-state index >= 15 is 0 Å². The Morgan fingerprint density at radius 1 is 1.22 bits per heavy atom. The van der Waals surface area contributed by atoms with Crippen LogP contribution < -0.4 is 5.32 Å². The van der Waals surface area contributed by atoms with Gasteiger partial charge in [0.25, 0.3) is 0 Å². The Labute approximate surface area is 109 Å². The van der Waals surface area contributed by atoms with Crippen LogP contribution in [0.5, 0.6) is 0 Å². The Morgan fingerprint density at radius 2 is 1.78 bits per heavy atom. The number of nitrogens with one attached hydrogen (secondary N) is 1. The van der Waals surface area contributed by atoms with Gasteiger partial charge in [-0.1, -0.05) is 20.8 Å². The zero-order valence-corrected chi connectivity index (χ0v) is 11.9. The molecule has 0 saturated heterocycles. The summed E-state index contributed by atoms with van der Waals surface area (Å²) in [6, 6.07) is 6.62. The normalized spacial score (nSPS) is 13.6. The van der Waals surface area contributed by atoms with Crippen LogP contribution in [0.25, 0.3) is 0 Å². The van der Waals surface area contributed by atoms with Crippen LogP contribution in [0.1, 0.15) is 20.8 Å². The monoisotopic (exact) mass is 271 g/mol. The number of hydrogen-bond donors (Lipinski definition) is 2. The molecular weight excluding hydrogens is 250 g/mol. The summed E-state index contributed by atoms with van der Waals surface area (Å²) in [7, 11) is -3.14. The third-order valence-corrected chi connectivity index (χ3v) is 4.70. The van der Waals surface area contributed by atoms with Crippen molar-refractivity contribution in [1.82, 2.24) is 0 Å². The van der Waals surface area contributed by atoms with Crippen molar-refractivity contribution >= 4 is 15.5 Å². The predicted molar refractivity (Wildman–Crippen MR) is 73.5 cm³/mol. The van der Waals surface area contributed by atoms with Crippen molar-refractivity contribution in [3.8, 4) is 0 Å². The topological polar surface area (TPSA) is 66.4 Å². The first-order valence-corrected chi connectivity index (χ1v) is 7.76. The third kappa shape index (κ3) is 3.71. The molecule has 0 aliphatic rings. The first kappa shape index (κ1) is 15.0. The van der Waals surface area contributed by atoms with E-state index in [0.29, 0.717) is 10.8 Å². The molecule has 0 spiro atoms. The van der Waals surface area contributed by atoms with Gasteiger partial charge in [0.15, 0.2) is 9.84 Å². The molecule has 2 N–H and O–H groups in total. The van der Waals surface area contributed by atoms with Crippen LogP contribution in [0.4, 0.5) is 5.69 Å². The van der Waals surface area contributed by atoms with Crippen molar-refractivity contribution in [2.75, 3.05) is 17.7 Å². The van der Waals surface area contributed by atoms with E-state index in [1.54, 1.807) is 31.2 Å². The zero-order chi connectivity index (χ0) is 13.8. The van der Waals surface area contributed by atoms with Gasteiger partial charge in [-0.25, -0.2) is 8.42 Å². The SMILES string of the molecule is CCS(=O)(=O)c1ccc(N[C@H](CO)C(C)C)cc1. The van der Waals surface area contributed by atoms with Gasteiger partial charge < -0.3 is 10.4 Å². The largest absolute Gasteiger partial charge is 0.394 e. The number of rotatable bonds is 6. The van der Waals surface area contributed by atoms with Crippen molar-refractivity contribution in [3.63, 3.8) is 0 Å².